The minimum atomic E-state index is -2.50. The summed E-state index contributed by atoms with van der Waals surface area (Å²) in [7, 11) is 1.85. The Kier molecular flexibility index (Phi) is 6.59. The van der Waals surface area contributed by atoms with Crippen LogP contribution in [0, 0.1) is 0 Å². The largest absolute Gasteiger partial charge is 0.382 e. The highest BCUT2D eigenvalue weighted by Crippen LogP contribution is 2.26. The van der Waals surface area contributed by atoms with E-state index in [1.807, 2.05) is 18.9 Å². The van der Waals surface area contributed by atoms with Gasteiger partial charge in [0.15, 0.2) is 5.13 Å². The summed E-state index contributed by atoms with van der Waals surface area (Å²) < 4.78 is 28.3. The summed E-state index contributed by atoms with van der Waals surface area (Å²) in [6, 6.07) is 0. The van der Waals surface area contributed by atoms with Crippen LogP contribution in [0.15, 0.2) is 0 Å². The number of ether oxygens (including phenoxy) is 1. The Morgan fingerprint density at radius 1 is 1.60 bits per heavy atom. The number of nitrogen functional groups attached to an aromatic ring is 1. The molecule has 3 N–H and O–H groups in total. The van der Waals surface area contributed by atoms with E-state index in [2.05, 4.69) is 15.0 Å². The van der Waals surface area contributed by atoms with Gasteiger partial charge in [-0.1, -0.05) is 11.3 Å². The molecule has 0 atom stereocenters. The average molecular weight is 308 g/mol. The zero-order valence-electron chi connectivity index (χ0n) is 11.4. The fourth-order valence-electron chi connectivity index (χ4n) is 1.27. The maximum absolute atomic E-state index is 11.8. The number of rotatable bonds is 8. The van der Waals surface area contributed by atoms with E-state index < -0.39 is 13.0 Å². The average Bonchev–Trinajstić information content (AvgIpc) is 2.79. The monoisotopic (exact) mass is 308 g/mol. The van der Waals surface area contributed by atoms with Crippen LogP contribution in [-0.4, -0.2) is 50.7 Å². The number of anilines is 2. The predicted molar refractivity (Wildman–Crippen MR) is 74.6 cm³/mol. The first kappa shape index (κ1) is 16.6. The van der Waals surface area contributed by atoms with E-state index in [0.717, 1.165) is 6.54 Å². The molecule has 1 aromatic heterocycles. The van der Waals surface area contributed by atoms with Crippen LogP contribution in [0.1, 0.15) is 16.6 Å². The number of nitrogens with zero attached hydrogens (tertiary/aromatic N) is 2. The van der Waals surface area contributed by atoms with Gasteiger partial charge in [-0.2, -0.15) is 0 Å². The molecule has 0 aliphatic heterocycles. The highest BCUT2D eigenvalue weighted by atomic mass is 32.1. The van der Waals surface area contributed by atoms with Gasteiger partial charge < -0.3 is 20.7 Å². The van der Waals surface area contributed by atoms with Crippen molar-refractivity contribution in [2.75, 3.05) is 44.0 Å². The van der Waals surface area contributed by atoms with E-state index in [0.29, 0.717) is 10.0 Å². The number of hydrogen-bond donors (Lipinski definition) is 2. The van der Waals surface area contributed by atoms with Gasteiger partial charge in [-0.3, -0.25) is 4.79 Å². The van der Waals surface area contributed by atoms with Gasteiger partial charge in [0.05, 0.1) is 6.61 Å². The lowest BCUT2D eigenvalue weighted by Gasteiger charge is -2.10. The maximum atomic E-state index is 11.8. The van der Waals surface area contributed by atoms with Crippen LogP contribution in [0.4, 0.5) is 19.7 Å². The smallest absolute Gasteiger partial charge is 0.265 e. The Bertz CT molecular complexity index is 442. The van der Waals surface area contributed by atoms with Crippen molar-refractivity contribution in [2.45, 2.75) is 13.3 Å². The zero-order chi connectivity index (χ0) is 15.1. The topological polar surface area (TPSA) is 80.5 Å². The van der Waals surface area contributed by atoms with Crippen LogP contribution in [0.3, 0.4) is 0 Å². The number of amides is 1. The normalized spacial score (nSPS) is 10.8. The summed E-state index contributed by atoms with van der Waals surface area (Å²) >= 11 is 1.19. The van der Waals surface area contributed by atoms with Gasteiger partial charge in [0.2, 0.25) is 0 Å². The molecule has 1 heterocycles. The lowest BCUT2D eigenvalue weighted by atomic mass is 10.4. The maximum Gasteiger partial charge on any atom is 0.265 e. The van der Waals surface area contributed by atoms with Gasteiger partial charge in [0.25, 0.3) is 12.3 Å². The number of nitrogens with one attached hydrogen (secondary N) is 1. The highest BCUT2D eigenvalue weighted by Gasteiger charge is 2.17. The van der Waals surface area contributed by atoms with Crippen LogP contribution in [0.2, 0.25) is 0 Å². The molecule has 0 aliphatic rings. The first-order valence-corrected chi connectivity index (χ1v) is 6.88. The number of carbonyl (C=O) groups excluding carboxylic acids is 1. The summed E-state index contributed by atoms with van der Waals surface area (Å²) in [6.45, 7) is 2.23. The van der Waals surface area contributed by atoms with Crippen LogP contribution in [-0.2, 0) is 4.74 Å². The molecule has 1 rings (SSSR count). The Morgan fingerprint density at radius 3 is 2.90 bits per heavy atom. The molecule has 20 heavy (non-hydrogen) atoms. The van der Waals surface area contributed by atoms with Crippen molar-refractivity contribution in [3.05, 3.63) is 4.88 Å². The zero-order valence-corrected chi connectivity index (χ0v) is 12.2. The number of carbonyl (C=O) groups is 1. The minimum Gasteiger partial charge on any atom is -0.382 e. The van der Waals surface area contributed by atoms with Gasteiger partial charge in [-0.25, -0.2) is 13.8 Å². The Hall–Kier alpha value is -1.48. The van der Waals surface area contributed by atoms with Crippen molar-refractivity contribution >= 4 is 28.2 Å². The van der Waals surface area contributed by atoms with E-state index in [4.69, 9.17) is 5.73 Å². The second-order valence-corrected chi connectivity index (χ2v) is 4.92. The Balaban J connectivity index is 2.45. The van der Waals surface area contributed by atoms with Gasteiger partial charge in [-0.15, -0.1) is 0 Å². The molecule has 0 bridgehead atoms. The third kappa shape index (κ3) is 4.89. The molecule has 0 saturated carbocycles. The number of alkyl halides is 2. The quantitative estimate of drug-likeness (QED) is 0.705. The van der Waals surface area contributed by atoms with Crippen LogP contribution >= 0.6 is 11.3 Å². The molecule has 0 unspecified atom stereocenters. The summed E-state index contributed by atoms with van der Waals surface area (Å²) in [5.41, 5.74) is 5.69. The lowest BCUT2D eigenvalue weighted by Crippen LogP contribution is -2.27. The minimum absolute atomic E-state index is 0.0243. The van der Waals surface area contributed by atoms with E-state index in [9.17, 15) is 13.6 Å². The van der Waals surface area contributed by atoms with Crippen molar-refractivity contribution in [1.29, 1.82) is 0 Å². The second kappa shape index (κ2) is 7.95. The molecule has 6 nitrogen and oxygen atoms in total. The van der Waals surface area contributed by atoms with Gasteiger partial charge >= 0.3 is 0 Å². The third-order valence-corrected chi connectivity index (χ3v) is 3.61. The molecule has 0 aliphatic carbocycles. The lowest BCUT2D eigenvalue weighted by molar-refractivity contribution is 0.0188. The van der Waals surface area contributed by atoms with Crippen LogP contribution in [0.5, 0.6) is 0 Å². The highest BCUT2D eigenvalue weighted by molar-refractivity contribution is 7.18. The Labute approximate surface area is 119 Å². The summed E-state index contributed by atoms with van der Waals surface area (Å²) in [5.74, 6) is -0.215. The molecule has 1 amide bonds. The summed E-state index contributed by atoms with van der Waals surface area (Å²) in [4.78, 5) is 18.1. The van der Waals surface area contributed by atoms with E-state index in [1.165, 1.54) is 11.3 Å². The third-order valence-electron chi connectivity index (χ3n) is 2.42. The SMILES string of the molecule is CCN(C)c1nc(N)c(C(=O)NCCOCC(F)F)s1. The second-order valence-electron chi connectivity index (χ2n) is 3.95. The molecule has 0 radical (unpaired) electrons. The van der Waals surface area contributed by atoms with Gasteiger partial charge in [-0.05, 0) is 6.92 Å². The van der Waals surface area contributed by atoms with E-state index >= 15 is 0 Å². The van der Waals surface area contributed by atoms with E-state index in [1.54, 1.807) is 0 Å². The summed E-state index contributed by atoms with van der Waals surface area (Å²) in [5, 5.41) is 3.20. The van der Waals surface area contributed by atoms with Gasteiger partial charge in [0, 0.05) is 20.1 Å². The number of halogens is 2. The number of thiazole rings is 1. The number of nitrogens with two attached hydrogens (primary N) is 1. The van der Waals surface area contributed by atoms with Crippen LogP contribution < -0.4 is 16.0 Å². The molecular formula is C11H18F2N4O2S. The molecule has 9 heteroatoms. The molecular weight excluding hydrogens is 290 g/mol. The molecule has 0 spiro atoms. The van der Waals surface area contributed by atoms with Crippen molar-refractivity contribution < 1.29 is 18.3 Å². The van der Waals surface area contributed by atoms with Crippen molar-refractivity contribution in [2.24, 2.45) is 0 Å². The molecule has 114 valence electrons. The van der Waals surface area contributed by atoms with Crippen molar-refractivity contribution in [1.82, 2.24) is 10.3 Å². The fourth-order valence-corrected chi connectivity index (χ4v) is 2.20. The first-order chi connectivity index (χ1) is 9.45. The molecule has 1 aromatic rings. The van der Waals surface area contributed by atoms with Crippen molar-refractivity contribution in [3.8, 4) is 0 Å². The van der Waals surface area contributed by atoms with Crippen molar-refractivity contribution in [3.63, 3.8) is 0 Å². The molecule has 0 fully saturated rings. The number of aromatic nitrogens is 1. The first-order valence-electron chi connectivity index (χ1n) is 6.07. The van der Waals surface area contributed by atoms with Gasteiger partial charge in [0.1, 0.15) is 17.3 Å². The number of hydrogen-bond acceptors (Lipinski definition) is 6. The fraction of sp³-hybridized carbons (Fsp3) is 0.636. The Morgan fingerprint density at radius 2 is 2.30 bits per heavy atom. The predicted octanol–water partition coefficient (Wildman–Crippen LogP) is 1.19. The standard InChI is InChI=1S/C11H18F2N4O2S/c1-3-17(2)11-16-9(14)8(20-11)10(18)15-4-5-19-6-7(12)13/h7H,3-6,14H2,1-2H3,(H,15,18). The van der Waals surface area contributed by atoms with Crippen LogP contribution in [0.25, 0.3) is 0 Å². The van der Waals surface area contributed by atoms with E-state index in [-0.39, 0.29) is 24.9 Å². The molecule has 0 saturated heterocycles. The summed E-state index contributed by atoms with van der Waals surface area (Å²) in [6.07, 6.45) is -2.50. The molecule has 0 aromatic carbocycles.